The Labute approximate surface area is 205 Å². The topological polar surface area (TPSA) is 66.4 Å². The molecule has 6 nitrogen and oxygen atoms in total. The molecule has 1 aromatic carbocycles. The minimum atomic E-state index is -4.84. The number of rotatable bonds is 6. The van der Waals surface area contributed by atoms with E-state index < -0.39 is 29.5 Å². The summed E-state index contributed by atoms with van der Waals surface area (Å²) in [4.78, 5) is 28.6. The molecule has 3 saturated carbocycles. The van der Waals surface area contributed by atoms with Gasteiger partial charge < -0.3 is 20.1 Å². The minimum Gasteiger partial charge on any atom is -0.381 e. The van der Waals surface area contributed by atoms with Crippen LogP contribution in [0.25, 0.3) is 0 Å². The Balaban J connectivity index is 1.28. The first-order chi connectivity index (χ1) is 17.0. The van der Waals surface area contributed by atoms with Crippen molar-refractivity contribution in [1.29, 1.82) is 0 Å². The largest absolute Gasteiger partial charge is 0.419 e. The Kier molecular flexibility index (Phi) is 5.10. The van der Waals surface area contributed by atoms with Gasteiger partial charge in [-0.25, -0.2) is 4.39 Å². The molecule has 1 spiro atoms. The quantitative estimate of drug-likeness (QED) is 0.579. The average molecular weight is 505 g/mol. The van der Waals surface area contributed by atoms with Crippen LogP contribution in [-0.2, 0) is 6.18 Å². The maximum atomic E-state index is 14.7. The van der Waals surface area contributed by atoms with Crippen molar-refractivity contribution in [3.8, 4) is 0 Å². The van der Waals surface area contributed by atoms with Gasteiger partial charge in [0.05, 0.1) is 22.9 Å². The van der Waals surface area contributed by atoms with Gasteiger partial charge in [-0.05, 0) is 56.6 Å². The molecule has 5 atom stereocenters. The first-order valence-electron chi connectivity index (χ1n) is 12.4. The molecule has 10 heteroatoms. The van der Waals surface area contributed by atoms with Crippen LogP contribution < -0.4 is 16.2 Å². The van der Waals surface area contributed by atoms with Crippen LogP contribution in [0.2, 0.25) is 0 Å². The second-order valence-electron chi connectivity index (χ2n) is 11.0. The van der Waals surface area contributed by atoms with Crippen molar-refractivity contribution in [1.82, 2.24) is 14.8 Å². The molecule has 3 aliphatic carbocycles. The van der Waals surface area contributed by atoms with Crippen molar-refractivity contribution in [3.63, 3.8) is 0 Å². The summed E-state index contributed by atoms with van der Waals surface area (Å²) in [5.74, 6) is -1.07. The van der Waals surface area contributed by atoms with Crippen LogP contribution in [0.15, 0.2) is 35.3 Å². The molecule has 0 radical (unpaired) electrons. The van der Waals surface area contributed by atoms with Crippen LogP contribution >= 0.6 is 0 Å². The van der Waals surface area contributed by atoms with E-state index in [4.69, 9.17) is 0 Å². The highest BCUT2D eigenvalue weighted by molar-refractivity contribution is 5.99. The van der Waals surface area contributed by atoms with Crippen molar-refractivity contribution in [2.75, 3.05) is 25.5 Å². The van der Waals surface area contributed by atoms with Gasteiger partial charge in [0, 0.05) is 43.0 Å². The van der Waals surface area contributed by atoms with Crippen LogP contribution in [0.1, 0.15) is 59.8 Å². The van der Waals surface area contributed by atoms with E-state index in [9.17, 15) is 27.2 Å². The van der Waals surface area contributed by atoms with Crippen LogP contribution in [0.5, 0.6) is 0 Å². The number of hydrogen-bond acceptors (Lipinski definition) is 4. The molecule has 4 aliphatic rings. The number of benzene rings is 1. The second kappa shape index (κ2) is 7.81. The number of aromatic nitrogens is 1. The van der Waals surface area contributed by atoms with Gasteiger partial charge in [-0.1, -0.05) is 12.1 Å². The molecule has 1 saturated heterocycles. The second-order valence-corrected chi connectivity index (χ2v) is 11.0. The highest BCUT2D eigenvalue weighted by Crippen LogP contribution is 2.72. The average Bonchev–Trinajstić information content (AvgIpc) is 3.76. The first kappa shape index (κ1) is 23.5. The third kappa shape index (κ3) is 3.90. The van der Waals surface area contributed by atoms with Gasteiger partial charge in [-0.2, -0.15) is 13.2 Å². The van der Waals surface area contributed by atoms with Gasteiger partial charge in [-0.3, -0.25) is 9.59 Å². The number of fused-ring (bicyclic) bond motifs is 1. The van der Waals surface area contributed by atoms with E-state index in [-0.39, 0.29) is 34.2 Å². The van der Waals surface area contributed by atoms with Gasteiger partial charge in [0.15, 0.2) is 0 Å². The molecule has 0 bridgehead atoms. The van der Waals surface area contributed by atoms with Crippen molar-refractivity contribution in [2.24, 2.45) is 17.3 Å². The number of nitrogens with zero attached hydrogens (tertiary/aromatic N) is 2. The summed E-state index contributed by atoms with van der Waals surface area (Å²) in [5.41, 5.74) is -0.958. The predicted octanol–water partition coefficient (Wildman–Crippen LogP) is 4.19. The van der Waals surface area contributed by atoms with E-state index in [1.165, 1.54) is 19.1 Å². The Morgan fingerprint density at radius 3 is 2.50 bits per heavy atom. The normalized spacial score (nSPS) is 28.5. The van der Waals surface area contributed by atoms with E-state index in [0.717, 1.165) is 38.4 Å². The number of carbonyl (C=O) groups excluding carboxylic acids is 1. The Morgan fingerprint density at radius 1 is 1.19 bits per heavy atom. The molecule has 2 heterocycles. The lowest BCUT2D eigenvalue weighted by atomic mass is 10.0. The molecule has 1 aliphatic heterocycles. The summed E-state index contributed by atoms with van der Waals surface area (Å²) < 4.78 is 55.8. The summed E-state index contributed by atoms with van der Waals surface area (Å²) >= 11 is 0. The van der Waals surface area contributed by atoms with Crippen LogP contribution in [0, 0.1) is 23.1 Å². The third-order valence-electron chi connectivity index (χ3n) is 8.55. The molecule has 36 heavy (non-hydrogen) atoms. The maximum Gasteiger partial charge on any atom is 0.419 e. The Morgan fingerprint density at radius 2 is 1.89 bits per heavy atom. The van der Waals surface area contributed by atoms with Gasteiger partial charge in [0.1, 0.15) is 5.82 Å². The van der Waals surface area contributed by atoms with Crippen LogP contribution in [0.4, 0.5) is 23.2 Å². The highest BCUT2D eigenvalue weighted by atomic mass is 19.4. The predicted molar refractivity (Wildman–Crippen MR) is 125 cm³/mol. The standard InChI is InChI=1S/C26H28F4N4O2/c1-13(14-4-3-5-18(22(14)27)26(28,29)30)31-24(36)17-12-34(20-9-25(20)6-7-25)21(35)8-19(17)32-23-15-10-33(2)11-16(15)23/h3-5,8,12-13,15-16,20,23,32H,6-7,9-11H2,1-2H3,(H,31,36)/t13-,15-,16+,20-,23-/m1/s1. The molecule has 6 rings (SSSR count). The number of hydrogen-bond donors (Lipinski definition) is 2. The SMILES string of the molecule is C[C@@H](NC(=O)c1cn([C@@H]2CC23CC3)c(=O)cc1N[C@@H]1[C@@H]2CN(C)C[C@@H]21)c1cccc(C(F)(F)F)c1F. The smallest absolute Gasteiger partial charge is 0.381 e. The van der Waals surface area contributed by atoms with Gasteiger partial charge in [0.2, 0.25) is 0 Å². The Hall–Kier alpha value is -2.88. The first-order valence-corrected chi connectivity index (χ1v) is 12.4. The Bertz CT molecular complexity index is 1290. The molecule has 4 fully saturated rings. The molecule has 2 aromatic rings. The van der Waals surface area contributed by atoms with E-state index in [0.29, 0.717) is 23.6 Å². The monoisotopic (exact) mass is 504 g/mol. The van der Waals surface area contributed by atoms with Crippen molar-refractivity contribution >= 4 is 11.6 Å². The van der Waals surface area contributed by atoms with Gasteiger partial charge in [0.25, 0.3) is 11.5 Å². The van der Waals surface area contributed by atoms with Crippen molar-refractivity contribution in [2.45, 2.75) is 50.5 Å². The number of likely N-dealkylation sites (tertiary alicyclic amines) is 1. The fourth-order valence-corrected chi connectivity index (χ4v) is 6.10. The molecular formula is C26H28F4N4O2. The zero-order valence-corrected chi connectivity index (χ0v) is 20.0. The van der Waals surface area contributed by atoms with Crippen LogP contribution in [-0.4, -0.2) is 41.6 Å². The number of halogens is 4. The molecular weight excluding hydrogens is 476 g/mol. The zero-order chi connectivity index (χ0) is 25.6. The van der Waals surface area contributed by atoms with Crippen LogP contribution in [0.3, 0.4) is 0 Å². The number of alkyl halides is 3. The number of piperidine rings is 1. The van der Waals surface area contributed by atoms with Gasteiger partial charge in [-0.15, -0.1) is 0 Å². The van der Waals surface area contributed by atoms with E-state index in [1.54, 1.807) is 10.8 Å². The molecule has 0 unspecified atom stereocenters. The lowest BCUT2D eigenvalue weighted by Crippen LogP contribution is -2.32. The van der Waals surface area contributed by atoms with E-state index in [1.807, 2.05) is 0 Å². The minimum absolute atomic E-state index is 0.0675. The number of anilines is 1. The van der Waals surface area contributed by atoms with Crippen molar-refractivity contribution in [3.05, 3.63) is 63.3 Å². The highest BCUT2D eigenvalue weighted by Gasteiger charge is 2.64. The maximum absolute atomic E-state index is 14.7. The summed E-state index contributed by atoms with van der Waals surface area (Å²) in [6.07, 6.45) is -0.230. The summed E-state index contributed by atoms with van der Waals surface area (Å²) in [7, 11) is 2.06. The lowest BCUT2D eigenvalue weighted by Gasteiger charge is -2.21. The zero-order valence-electron chi connectivity index (χ0n) is 20.0. The van der Waals surface area contributed by atoms with E-state index >= 15 is 0 Å². The summed E-state index contributed by atoms with van der Waals surface area (Å²) in [5, 5.41) is 6.04. The van der Waals surface area contributed by atoms with Gasteiger partial charge >= 0.3 is 6.18 Å². The number of nitrogens with one attached hydrogen (secondary N) is 2. The number of amides is 1. The summed E-state index contributed by atoms with van der Waals surface area (Å²) in [6.45, 7) is 3.33. The van der Waals surface area contributed by atoms with Crippen molar-refractivity contribution < 1.29 is 22.4 Å². The molecule has 1 amide bonds. The summed E-state index contributed by atoms with van der Waals surface area (Å²) in [6, 6.07) is 3.71. The molecule has 192 valence electrons. The molecule has 1 aromatic heterocycles. The fourth-order valence-electron chi connectivity index (χ4n) is 6.10. The lowest BCUT2D eigenvalue weighted by molar-refractivity contribution is -0.140. The fraction of sp³-hybridized carbons (Fsp3) is 0.538. The number of pyridine rings is 1. The van der Waals surface area contributed by atoms with E-state index in [2.05, 4.69) is 22.6 Å². The molecule has 2 N–H and O–H groups in total. The third-order valence-corrected chi connectivity index (χ3v) is 8.55. The number of carbonyl (C=O) groups is 1.